The zero-order chi connectivity index (χ0) is 13.1. The van der Waals surface area contributed by atoms with E-state index in [1.54, 1.807) is 0 Å². The van der Waals surface area contributed by atoms with Crippen molar-refractivity contribution in [2.75, 3.05) is 12.8 Å². The van der Waals surface area contributed by atoms with E-state index in [0.717, 1.165) is 6.07 Å². The Kier molecular flexibility index (Phi) is 3.82. The predicted octanol–water partition coefficient (Wildman–Crippen LogP) is 2.14. The number of amides is 1. The summed E-state index contributed by atoms with van der Waals surface area (Å²) in [6.45, 7) is -0.463. The largest absolute Gasteiger partial charge is 0.445 e. The lowest BCUT2D eigenvalue weighted by atomic mass is 10.1. The summed E-state index contributed by atoms with van der Waals surface area (Å²) in [6.07, 6.45) is -5.33. The molecule has 0 heterocycles. The first kappa shape index (κ1) is 13.1. The topological polar surface area (TPSA) is 64.3 Å². The average Bonchev–Trinajstić information content (AvgIpc) is 2.25. The summed E-state index contributed by atoms with van der Waals surface area (Å²) in [7, 11) is 1.32. The van der Waals surface area contributed by atoms with Crippen LogP contribution in [0.2, 0.25) is 0 Å². The van der Waals surface area contributed by atoms with Crippen LogP contribution in [-0.4, -0.2) is 13.1 Å². The Hall–Kier alpha value is -1.92. The highest BCUT2D eigenvalue weighted by Gasteiger charge is 2.33. The molecule has 7 heteroatoms. The summed E-state index contributed by atoms with van der Waals surface area (Å²) < 4.78 is 42.4. The number of hydrogen-bond donors (Lipinski definition) is 2. The number of rotatable bonds is 2. The Morgan fingerprint density at radius 1 is 1.47 bits per heavy atom. The second-order valence-corrected chi connectivity index (χ2v) is 3.24. The molecular formula is C10H11F3N2O2. The third-order valence-electron chi connectivity index (χ3n) is 2.00. The highest BCUT2D eigenvalue weighted by atomic mass is 19.4. The van der Waals surface area contributed by atoms with Crippen molar-refractivity contribution in [2.24, 2.45) is 0 Å². The molecule has 0 aromatic heterocycles. The maximum atomic E-state index is 12.6. The second-order valence-electron chi connectivity index (χ2n) is 3.24. The Balaban J connectivity index is 2.95. The Labute approximate surface area is 95.6 Å². The molecule has 0 radical (unpaired) electrons. The molecule has 4 nitrogen and oxygen atoms in total. The van der Waals surface area contributed by atoms with Gasteiger partial charge in [0.15, 0.2) is 0 Å². The molecule has 0 fully saturated rings. The highest BCUT2D eigenvalue weighted by Crippen LogP contribution is 2.33. The molecule has 0 spiro atoms. The smallest absolute Gasteiger partial charge is 0.416 e. The fourth-order valence-electron chi connectivity index (χ4n) is 1.20. The van der Waals surface area contributed by atoms with Gasteiger partial charge in [-0.3, -0.25) is 0 Å². The monoisotopic (exact) mass is 248 g/mol. The molecule has 0 saturated carbocycles. The van der Waals surface area contributed by atoms with Gasteiger partial charge in [0.05, 0.1) is 5.56 Å². The Bertz CT molecular complexity index is 419. The first-order valence-electron chi connectivity index (χ1n) is 4.64. The van der Waals surface area contributed by atoms with Crippen LogP contribution in [0.4, 0.5) is 23.7 Å². The molecular weight excluding hydrogens is 237 g/mol. The number of alkyl carbamates (subject to hydrolysis) is 1. The number of benzene rings is 1. The third kappa shape index (κ3) is 3.54. The normalized spacial score (nSPS) is 11.1. The number of nitrogens with two attached hydrogens (primary N) is 1. The number of carbonyl (C=O) groups is 1. The van der Waals surface area contributed by atoms with Crippen LogP contribution in [0, 0.1) is 0 Å². The van der Waals surface area contributed by atoms with E-state index >= 15 is 0 Å². The van der Waals surface area contributed by atoms with Crippen LogP contribution >= 0.6 is 0 Å². The van der Waals surface area contributed by atoms with Gasteiger partial charge in [0, 0.05) is 18.3 Å². The van der Waals surface area contributed by atoms with E-state index in [1.165, 1.54) is 19.2 Å². The number of anilines is 1. The molecule has 0 aliphatic carbocycles. The molecule has 1 aromatic carbocycles. The minimum atomic E-state index is -4.53. The van der Waals surface area contributed by atoms with Crippen LogP contribution < -0.4 is 11.1 Å². The second kappa shape index (κ2) is 4.94. The van der Waals surface area contributed by atoms with E-state index in [0.29, 0.717) is 0 Å². The number of nitrogen functional groups attached to an aromatic ring is 1. The summed E-state index contributed by atoms with van der Waals surface area (Å²) in [4.78, 5) is 10.8. The van der Waals surface area contributed by atoms with Crippen molar-refractivity contribution in [1.29, 1.82) is 0 Å². The number of hydrogen-bond acceptors (Lipinski definition) is 3. The minimum Gasteiger partial charge on any atom is -0.445 e. The molecule has 0 atom stereocenters. The molecule has 0 unspecified atom stereocenters. The molecule has 1 amide bonds. The lowest BCUT2D eigenvalue weighted by Crippen LogP contribution is -2.20. The molecule has 3 N–H and O–H groups in total. The number of ether oxygens (including phenoxy) is 1. The van der Waals surface area contributed by atoms with Gasteiger partial charge in [-0.2, -0.15) is 13.2 Å². The molecule has 0 aliphatic heterocycles. The van der Waals surface area contributed by atoms with Crippen molar-refractivity contribution >= 4 is 11.8 Å². The lowest BCUT2D eigenvalue weighted by molar-refractivity contribution is -0.138. The van der Waals surface area contributed by atoms with E-state index in [1.807, 2.05) is 0 Å². The number of halogens is 3. The predicted molar refractivity (Wildman–Crippen MR) is 55.1 cm³/mol. The first-order chi connectivity index (χ1) is 7.84. The fraction of sp³-hybridized carbons (Fsp3) is 0.300. The van der Waals surface area contributed by atoms with Crippen molar-refractivity contribution in [2.45, 2.75) is 12.8 Å². The highest BCUT2D eigenvalue weighted by molar-refractivity contribution is 5.66. The maximum absolute atomic E-state index is 12.6. The summed E-state index contributed by atoms with van der Waals surface area (Å²) >= 11 is 0. The van der Waals surface area contributed by atoms with E-state index in [2.05, 4.69) is 10.1 Å². The average molecular weight is 248 g/mol. The van der Waals surface area contributed by atoms with Crippen LogP contribution in [-0.2, 0) is 17.5 Å². The summed E-state index contributed by atoms with van der Waals surface area (Å²) in [5.41, 5.74) is 4.24. The van der Waals surface area contributed by atoms with Crippen molar-refractivity contribution in [1.82, 2.24) is 5.32 Å². The zero-order valence-corrected chi connectivity index (χ0v) is 8.97. The maximum Gasteiger partial charge on any atom is 0.416 e. The van der Waals surface area contributed by atoms with Gasteiger partial charge >= 0.3 is 12.3 Å². The quantitative estimate of drug-likeness (QED) is 0.788. The molecule has 0 bridgehead atoms. The lowest BCUT2D eigenvalue weighted by Gasteiger charge is -2.13. The van der Waals surface area contributed by atoms with E-state index in [9.17, 15) is 18.0 Å². The van der Waals surface area contributed by atoms with Gasteiger partial charge in [-0.25, -0.2) is 4.79 Å². The van der Waals surface area contributed by atoms with Gasteiger partial charge in [0.1, 0.15) is 6.61 Å². The van der Waals surface area contributed by atoms with Crippen LogP contribution in [0.3, 0.4) is 0 Å². The summed E-state index contributed by atoms with van der Waals surface area (Å²) in [5.74, 6) is 0. The van der Waals surface area contributed by atoms with E-state index < -0.39 is 24.4 Å². The minimum absolute atomic E-state index is 0.000943. The van der Waals surface area contributed by atoms with Crippen molar-refractivity contribution in [3.8, 4) is 0 Å². The standard InChI is InChI=1S/C10H11F3N2O2/c1-15-9(16)17-5-6-2-3-7(14)4-8(6)10(11,12)13/h2-4H,5,14H2,1H3,(H,15,16). The molecule has 1 rings (SSSR count). The van der Waals surface area contributed by atoms with Crippen molar-refractivity contribution < 1.29 is 22.7 Å². The van der Waals surface area contributed by atoms with Gasteiger partial charge in [0.25, 0.3) is 0 Å². The molecule has 94 valence electrons. The van der Waals surface area contributed by atoms with Crippen LogP contribution in [0.1, 0.15) is 11.1 Å². The molecule has 17 heavy (non-hydrogen) atoms. The van der Waals surface area contributed by atoms with Gasteiger partial charge < -0.3 is 15.8 Å². The summed E-state index contributed by atoms with van der Waals surface area (Å²) in [5, 5.41) is 2.14. The van der Waals surface area contributed by atoms with E-state index in [4.69, 9.17) is 5.73 Å². The van der Waals surface area contributed by atoms with Crippen molar-refractivity contribution in [3.63, 3.8) is 0 Å². The van der Waals surface area contributed by atoms with Crippen LogP contribution in [0.5, 0.6) is 0 Å². The Morgan fingerprint density at radius 2 is 2.12 bits per heavy atom. The third-order valence-corrected chi connectivity index (χ3v) is 2.00. The SMILES string of the molecule is CNC(=O)OCc1ccc(N)cc1C(F)(F)F. The number of carbonyl (C=O) groups excluding carboxylic acids is 1. The summed E-state index contributed by atoms with van der Waals surface area (Å²) in [6, 6.07) is 3.31. The Morgan fingerprint density at radius 3 is 2.65 bits per heavy atom. The molecule has 0 aliphatic rings. The van der Waals surface area contributed by atoms with Gasteiger partial charge in [-0.1, -0.05) is 6.07 Å². The van der Waals surface area contributed by atoms with Crippen LogP contribution in [0.15, 0.2) is 18.2 Å². The number of nitrogens with one attached hydrogen (secondary N) is 1. The molecule has 0 saturated heterocycles. The fourth-order valence-corrected chi connectivity index (χ4v) is 1.20. The van der Waals surface area contributed by atoms with Gasteiger partial charge in [-0.05, 0) is 12.1 Å². The molecule has 1 aromatic rings. The van der Waals surface area contributed by atoms with Gasteiger partial charge in [0.2, 0.25) is 0 Å². The van der Waals surface area contributed by atoms with E-state index in [-0.39, 0.29) is 11.3 Å². The van der Waals surface area contributed by atoms with Crippen LogP contribution in [0.25, 0.3) is 0 Å². The zero-order valence-electron chi connectivity index (χ0n) is 8.97. The van der Waals surface area contributed by atoms with Crippen molar-refractivity contribution in [3.05, 3.63) is 29.3 Å². The van der Waals surface area contributed by atoms with Gasteiger partial charge in [-0.15, -0.1) is 0 Å². The number of alkyl halides is 3. The first-order valence-corrected chi connectivity index (χ1v) is 4.64.